The molecule has 184 valence electrons. The van der Waals surface area contributed by atoms with Crippen LogP contribution >= 0.6 is 0 Å². The van der Waals surface area contributed by atoms with Gasteiger partial charge in [-0.25, -0.2) is 8.42 Å². The number of nitrogens with one attached hydrogen (secondary N) is 1. The molecule has 1 saturated heterocycles. The third-order valence-corrected chi connectivity index (χ3v) is 7.99. The quantitative estimate of drug-likeness (QED) is 0.524. The van der Waals surface area contributed by atoms with Crippen LogP contribution in [-0.2, 0) is 16.6 Å². The lowest BCUT2D eigenvalue weighted by molar-refractivity contribution is 0.0820. The van der Waals surface area contributed by atoms with E-state index in [4.69, 9.17) is 4.74 Å². The van der Waals surface area contributed by atoms with Gasteiger partial charge in [0, 0.05) is 18.7 Å². The van der Waals surface area contributed by atoms with Crippen molar-refractivity contribution in [3.8, 4) is 5.75 Å². The Hall–Kier alpha value is -3.20. The zero-order valence-electron chi connectivity index (χ0n) is 19.6. The van der Waals surface area contributed by atoms with Crippen molar-refractivity contribution in [2.24, 2.45) is 0 Å². The third-order valence-electron chi connectivity index (χ3n) is 6.11. The van der Waals surface area contributed by atoms with E-state index in [0.29, 0.717) is 30.8 Å². The van der Waals surface area contributed by atoms with E-state index in [9.17, 15) is 18.3 Å². The van der Waals surface area contributed by atoms with Gasteiger partial charge in [-0.1, -0.05) is 48.0 Å². The van der Waals surface area contributed by atoms with Crippen molar-refractivity contribution in [2.75, 3.05) is 13.1 Å². The van der Waals surface area contributed by atoms with Crippen molar-refractivity contribution in [3.63, 3.8) is 0 Å². The first-order chi connectivity index (χ1) is 16.8. The molecule has 0 radical (unpaired) electrons. The van der Waals surface area contributed by atoms with Gasteiger partial charge >= 0.3 is 0 Å². The second-order valence-electron chi connectivity index (χ2n) is 8.76. The summed E-state index contributed by atoms with van der Waals surface area (Å²) in [6.45, 7) is 2.60. The molecule has 0 saturated carbocycles. The van der Waals surface area contributed by atoms with Crippen molar-refractivity contribution in [3.05, 3.63) is 95.6 Å². The maximum absolute atomic E-state index is 13.2. The highest BCUT2D eigenvalue weighted by Gasteiger charge is 2.33. The maximum Gasteiger partial charge on any atom is 0.251 e. The van der Waals surface area contributed by atoms with E-state index in [1.165, 1.54) is 4.31 Å². The van der Waals surface area contributed by atoms with Crippen molar-refractivity contribution in [2.45, 2.75) is 43.4 Å². The number of aliphatic hydroxyl groups is 1. The van der Waals surface area contributed by atoms with Crippen LogP contribution in [0, 0.1) is 6.92 Å². The molecule has 0 unspecified atom stereocenters. The highest BCUT2D eigenvalue weighted by atomic mass is 32.2. The molecule has 1 heterocycles. The number of carbonyl (C=O) groups excluding carboxylic acids is 1. The van der Waals surface area contributed by atoms with Gasteiger partial charge in [-0.3, -0.25) is 4.79 Å². The summed E-state index contributed by atoms with van der Waals surface area (Å²) in [4.78, 5) is 13.1. The van der Waals surface area contributed by atoms with Crippen LogP contribution in [0.4, 0.5) is 0 Å². The largest absolute Gasteiger partial charge is 0.489 e. The first-order valence-corrected chi connectivity index (χ1v) is 13.1. The summed E-state index contributed by atoms with van der Waals surface area (Å²) < 4.78 is 33.5. The van der Waals surface area contributed by atoms with Gasteiger partial charge in [-0.15, -0.1) is 0 Å². The molecule has 2 atom stereocenters. The number of aryl methyl sites for hydroxylation is 1. The minimum atomic E-state index is -3.74. The van der Waals surface area contributed by atoms with Gasteiger partial charge < -0.3 is 15.2 Å². The van der Waals surface area contributed by atoms with Crippen molar-refractivity contribution >= 4 is 15.9 Å². The summed E-state index contributed by atoms with van der Waals surface area (Å²) in [5.74, 6) is 0.258. The third kappa shape index (κ3) is 6.28. The van der Waals surface area contributed by atoms with Crippen LogP contribution in [0.15, 0.2) is 83.8 Å². The number of nitrogens with zero attached hydrogens (tertiary/aromatic N) is 1. The number of amides is 1. The molecule has 0 spiro atoms. The van der Waals surface area contributed by atoms with E-state index >= 15 is 0 Å². The Morgan fingerprint density at radius 1 is 1.03 bits per heavy atom. The molecule has 0 bridgehead atoms. The minimum absolute atomic E-state index is 0.00138. The topological polar surface area (TPSA) is 95.9 Å². The molecule has 1 amide bonds. The number of sulfonamides is 1. The fourth-order valence-corrected chi connectivity index (χ4v) is 5.53. The number of hydrogen-bond donors (Lipinski definition) is 2. The smallest absolute Gasteiger partial charge is 0.251 e. The highest BCUT2D eigenvalue weighted by Crippen LogP contribution is 2.22. The molecule has 2 N–H and O–H groups in total. The molecular weight excluding hydrogens is 464 g/mol. The lowest BCUT2D eigenvalue weighted by atomic mass is 10.1. The van der Waals surface area contributed by atoms with Crippen LogP contribution in [0.1, 0.15) is 34.3 Å². The minimum Gasteiger partial charge on any atom is -0.489 e. The molecule has 8 heteroatoms. The predicted molar refractivity (Wildman–Crippen MR) is 134 cm³/mol. The Bertz CT molecular complexity index is 1230. The highest BCUT2D eigenvalue weighted by molar-refractivity contribution is 7.89. The molecular formula is C27H30N2O5S. The van der Waals surface area contributed by atoms with E-state index in [1.54, 1.807) is 48.5 Å². The Balaban J connectivity index is 1.41. The lowest BCUT2D eigenvalue weighted by Crippen LogP contribution is -2.49. The van der Waals surface area contributed by atoms with Crippen molar-refractivity contribution in [1.82, 2.24) is 9.62 Å². The first kappa shape index (κ1) is 24.9. The fraction of sp³-hybridized carbons (Fsp3) is 0.296. The van der Waals surface area contributed by atoms with Gasteiger partial charge in [0.1, 0.15) is 12.4 Å². The number of aliphatic hydroxyl groups excluding tert-OH is 1. The molecule has 1 aliphatic rings. The Labute approximate surface area is 206 Å². The SMILES string of the molecule is Cc1ccc(S(=O)(=O)N2CCC[C@H](O)[C@@H](NC(=O)c3ccc(OCc4ccccc4)cc3)C2)cc1. The van der Waals surface area contributed by atoms with Crippen molar-refractivity contribution < 1.29 is 23.1 Å². The monoisotopic (exact) mass is 494 g/mol. The van der Waals surface area contributed by atoms with Gasteiger partial charge in [0.2, 0.25) is 10.0 Å². The number of rotatable bonds is 7. The molecule has 3 aromatic carbocycles. The summed E-state index contributed by atoms with van der Waals surface area (Å²) in [6, 6.07) is 22.5. The average molecular weight is 495 g/mol. The first-order valence-electron chi connectivity index (χ1n) is 11.7. The second kappa shape index (κ2) is 11.0. The summed E-state index contributed by atoms with van der Waals surface area (Å²) in [7, 11) is -3.74. The molecule has 7 nitrogen and oxygen atoms in total. The van der Waals surface area contributed by atoms with E-state index in [2.05, 4.69) is 5.32 Å². The van der Waals surface area contributed by atoms with Crippen LogP contribution in [-0.4, -0.2) is 49.0 Å². The molecule has 0 aromatic heterocycles. The molecule has 1 aliphatic heterocycles. The molecule has 35 heavy (non-hydrogen) atoms. The molecule has 0 aliphatic carbocycles. The summed E-state index contributed by atoms with van der Waals surface area (Å²) in [5.41, 5.74) is 2.42. The summed E-state index contributed by atoms with van der Waals surface area (Å²) in [6.07, 6.45) is 0.0640. The second-order valence-corrected chi connectivity index (χ2v) is 10.7. The van der Waals surface area contributed by atoms with E-state index in [-0.39, 0.29) is 23.9 Å². The van der Waals surface area contributed by atoms with E-state index in [1.807, 2.05) is 37.3 Å². The predicted octanol–water partition coefficient (Wildman–Crippen LogP) is 3.52. The standard InChI is InChI=1S/C27H30N2O5S/c1-20-9-15-24(16-10-20)35(32,33)29-17-5-8-26(30)25(18-29)28-27(31)22-11-13-23(14-12-22)34-19-21-6-3-2-4-7-21/h2-4,6-7,9-16,25-26,30H,5,8,17-19H2,1H3,(H,28,31)/t25-,26-/m0/s1. The van der Waals surface area contributed by atoms with Crippen LogP contribution in [0.25, 0.3) is 0 Å². The van der Waals surface area contributed by atoms with Crippen LogP contribution in [0.3, 0.4) is 0 Å². The number of hydrogen-bond acceptors (Lipinski definition) is 5. The zero-order valence-corrected chi connectivity index (χ0v) is 20.4. The van der Waals surface area contributed by atoms with Crippen LogP contribution < -0.4 is 10.1 Å². The normalized spacial score (nSPS) is 19.0. The summed E-state index contributed by atoms with van der Waals surface area (Å²) in [5, 5.41) is 13.4. The average Bonchev–Trinajstić information content (AvgIpc) is 3.05. The molecule has 1 fully saturated rings. The van der Waals surface area contributed by atoms with E-state index < -0.39 is 22.2 Å². The zero-order chi connectivity index (χ0) is 24.8. The number of ether oxygens (including phenoxy) is 1. The van der Waals surface area contributed by atoms with Gasteiger partial charge in [-0.05, 0) is 61.7 Å². The Morgan fingerprint density at radius 2 is 1.71 bits per heavy atom. The molecule has 3 aromatic rings. The maximum atomic E-state index is 13.2. The van der Waals surface area contributed by atoms with Gasteiger partial charge in [-0.2, -0.15) is 4.31 Å². The van der Waals surface area contributed by atoms with E-state index in [0.717, 1.165) is 11.1 Å². The number of benzene rings is 3. The Morgan fingerprint density at radius 3 is 2.40 bits per heavy atom. The Kier molecular flexibility index (Phi) is 7.85. The fourth-order valence-electron chi connectivity index (χ4n) is 4.02. The van der Waals surface area contributed by atoms with Crippen molar-refractivity contribution in [1.29, 1.82) is 0 Å². The molecule has 4 rings (SSSR count). The number of carbonyl (C=O) groups is 1. The van der Waals surface area contributed by atoms with Gasteiger partial charge in [0.05, 0.1) is 17.0 Å². The van der Waals surface area contributed by atoms with Gasteiger partial charge in [0.25, 0.3) is 5.91 Å². The lowest BCUT2D eigenvalue weighted by Gasteiger charge is -2.26. The van der Waals surface area contributed by atoms with Gasteiger partial charge in [0.15, 0.2) is 0 Å². The van der Waals surface area contributed by atoms with Crippen LogP contribution in [0.5, 0.6) is 5.75 Å². The summed E-state index contributed by atoms with van der Waals surface area (Å²) >= 11 is 0. The van der Waals surface area contributed by atoms with Crippen LogP contribution in [0.2, 0.25) is 0 Å².